The number of aryl methyl sites for hydroxylation is 3. The van der Waals surface area contributed by atoms with Crippen LogP contribution in [0.15, 0.2) is 53.5 Å². The Morgan fingerprint density at radius 2 is 1.79 bits per heavy atom. The smallest absolute Gasteiger partial charge is 0.306 e. The van der Waals surface area contributed by atoms with E-state index in [2.05, 4.69) is 48.4 Å². The standard InChI is InChI=1S/C26H25N5O2S/c1-14-7-5-6-8-20(14)27-19-11-9-18(10-12-19)24-23-15(2)16(3)34-26(23)31-17(4)29-30-25(31)21(28-24)13-22(32)33/h5-12,21,27H,13H2,1-4H3,(H,32,33)/t21-/m0/s1. The highest BCUT2D eigenvalue weighted by Gasteiger charge is 2.32. The van der Waals surface area contributed by atoms with Crippen molar-refractivity contribution in [2.45, 2.75) is 40.2 Å². The summed E-state index contributed by atoms with van der Waals surface area (Å²) >= 11 is 1.66. The number of aromatic nitrogens is 3. The van der Waals surface area contributed by atoms with Crippen LogP contribution in [0.4, 0.5) is 11.4 Å². The second-order valence-corrected chi connectivity index (χ2v) is 9.72. The molecule has 1 aliphatic rings. The Labute approximate surface area is 201 Å². The Bertz CT molecular complexity index is 1430. The quantitative estimate of drug-likeness (QED) is 0.391. The van der Waals surface area contributed by atoms with Crippen molar-refractivity contribution in [2.75, 3.05) is 5.32 Å². The summed E-state index contributed by atoms with van der Waals surface area (Å²) in [6.45, 7) is 8.14. The molecule has 1 aliphatic heterocycles. The fourth-order valence-electron chi connectivity index (χ4n) is 4.27. The largest absolute Gasteiger partial charge is 0.481 e. The Morgan fingerprint density at radius 3 is 2.50 bits per heavy atom. The van der Waals surface area contributed by atoms with Crippen LogP contribution in [0, 0.1) is 27.7 Å². The molecule has 34 heavy (non-hydrogen) atoms. The zero-order valence-corrected chi connectivity index (χ0v) is 20.3. The van der Waals surface area contributed by atoms with Crippen LogP contribution in [0.25, 0.3) is 5.00 Å². The molecule has 0 amide bonds. The monoisotopic (exact) mass is 471 g/mol. The number of rotatable bonds is 5. The molecule has 172 valence electrons. The molecule has 0 aliphatic carbocycles. The maximum Gasteiger partial charge on any atom is 0.306 e. The molecule has 0 bridgehead atoms. The van der Waals surface area contributed by atoms with Crippen molar-refractivity contribution in [3.05, 3.63) is 87.3 Å². The topological polar surface area (TPSA) is 92.4 Å². The van der Waals surface area contributed by atoms with Gasteiger partial charge in [-0.05, 0) is 57.0 Å². The van der Waals surface area contributed by atoms with E-state index in [1.165, 1.54) is 10.4 Å². The third-order valence-electron chi connectivity index (χ3n) is 6.19. The predicted octanol–water partition coefficient (Wildman–Crippen LogP) is 5.67. The van der Waals surface area contributed by atoms with Gasteiger partial charge in [0.2, 0.25) is 0 Å². The number of nitrogens with zero attached hydrogens (tertiary/aromatic N) is 4. The van der Waals surface area contributed by atoms with E-state index in [0.29, 0.717) is 5.82 Å². The zero-order valence-electron chi connectivity index (χ0n) is 19.5. The highest BCUT2D eigenvalue weighted by molar-refractivity contribution is 7.15. The number of thiophene rings is 1. The third-order valence-corrected chi connectivity index (χ3v) is 7.38. The fraction of sp³-hybridized carbons (Fsp3) is 0.231. The molecule has 0 saturated carbocycles. The van der Waals surface area contributed by atoms with Gasteiger partial charge in [0.1, 0.15) is 16.9 Å². The lowest BCUT2D eigenvalue weighted by Crippen LogP contribution is -2.10. The minimum absolute atomic E-state index is 0.151. The Kier molecular flexibility index (Phi) is 5.53. The van der Waals surface area contributed by atoms with E-state index in [9.17, 15) is 9.90 Å². The lowest BCUT2D eigenvalue weighted by atomic mass is 9.99. The molecule has 4 aromatic rings. The minimum atomic E-state index is -0.920. The van der Waals surface area contributed by atoms with Gasteiger partial charge in [-0.2, -0.15) is 0 Å². The van der Waals surface area contributed by atoms with Gasteiger partial charge in [0, 0.05) is 27.4 Å². The highest BCUT2D eigenvalue weighted by Crippen LogP contribution is 2.39. The van der Waals surface area contributed by atoms with Crippen LogP contribution in [0.1, 0.15) is 51.2 Å². The van der Waals surface area contributed by atoms with Gasteiger partial charge in [-0.25, -0.2) is 0 Å². The van der Waals surface area contributed by atoms with E-state index in [0.717, 1.165) is 44.6 Å². The van der Waals surface area contributed by atoms with Crippen molar-refractivity contribution < 1.29 is 9.90 Å². The van der Waals surface area contributed by atoms with Crippen LogP contribution in [0.3, 0.4) is 0 Å². The number of hydrogen-bond acceptors (Lipinski definition) is 6. The van der Waals surface area contributed by atoms with Crippen molar-refractivity contribution in [2.24, 2.45) is 4.99 Å². The van der Waals surface area contributed by atoms with Crippen molar-refractivity contribution >= 4 is 34.4 Å². The molecule has 0 radical (unpaired) electrons. The third kappa shape index (κ3) is 3.80. The number of carbonyl (C=O) groups is 1. The molecule has 0 unspecified atom stereocenters. The van der Waals surface area contributed by atoms with Crippen molar-refractivity contribution in [3.8, 4) is 5.00 Å². The summed E-state index contributed by atoms with van der Waals surface area (Å²) in [5, 5.41) is 22.6. The van der Waals surface area contributed by atoms with Crippen LogP contribution in [-0.4, -0.2) is 31.6 Å². The van der Waals surface area contributed by atoms with Crippen LogP contribution >= 0.6 is 11.3 Å². The first-order chi connectivity index (χ1) is 16.3. The van der Waals surface area contributed by atoms with E-state index in [4.69, 9.17) is 4.99 Å². The number of aliphatic imine (C=N–C) groups is 1. The Morgan fingerprint density at radius 1 is 1.06 bits per heavy atom. The molecular formula is C26H25N5O2S. The molecule has 0 spiro atoms. The van der Waals surface area contributed by atoms with Gasteiger partial charge < -0.3 is 10.4 Å². The Balaban J connectivity index is 1.62. The van der Waals surface area contributed by atoms with Gasteiger partial charge in [-0.15, -0.1) is 21.5 Å². The molecule has 8 heteroatoms. The van der Waals surface area contributed by atoms with Gasteiger partial charge in [-0.3, -0.25) is 14.4 Å². The maximum absolute atomic E-state index is 11.7. The SMILES string of the molecule is Cc1ccccc1Nc1ccc(C2=N[C@@H](CC(=O)O)c3nnc(C)n3-c3sc(C)c(C)c32)cc1. The normalized spacial score (nSPS) is 14.7. The minimum Gasteiger partial charge on any atom is -0.481 e. The molecule has 7 nitrogen and oxygen atoms in total. The predicted molar refractivity (Wildman–Crippen MR) is 135 cm³/mol. The molecule has 1 atom stereocenters. The molecule has 3 heterocycles. The van der Waals surface area contributed by atoms with E-state index >= 15 is 0 Å². The number of benzene rings is 2. The van der Waals surface area contributed by atoms with Crippen molar-refractivity contribution in [1.82, 2.24) is 14.8 Å². The van der Waals surface area contributed by atoms with Gasteiger partial charge in [0.15, 0.2) is 5.82 Å². The first-order valence-electron chi connectivity index (χ1n) is 11.1. The molecule has 0 fully saturated rings. The maximum atomic E-state index is 11.7. The molecule has 2 aromatic carbocycles. The van der Waals surface area contributed by atoms with E-state index in [1.54, 1.807) is 11.3 Å². The summed E-state index contributed by atoms with van der Waals surface area (Å²) in [5.74, 6) is 0.369. The lowest BCUT2D eigenvalue weighted by Gasteiger charge is -2.13. The molecule has 5 rings (SSSR count). The molecule has 2 aromatic heterocycles. The number of aliphatic carboxylic acids is 1. The summed E-state index contributed by atoms with van der Waals surface area (Å²) in [6, 6.07) is 15.7. The Hall–Kier alpha value is -3.78. The zero-order chi connectivity index (χ0) is 24.0. The second kappa shape index (κ2) is 8.53. The number of carboxylic acids is 1. The fourth-order valence-corrected chi connectivity index (χ4v) is 5.48. The first kappa shape index (κ1) is 22.0. The second-order valence-electron chi connectivity index (χ2n) is 8.51. The summed E-state index contributed by atoms with van der Waals surface area (Å²) in [7, 11) is 0. The lowest BCUT2D eigenvalue weighted by molar-refractivity contribution is -0.137. The number of anilines is 2. The average molecular weight is 472 g/mol. The molecular weight excluding hydrogens is 446 g/mol. The summed E-state index contributed by atoms with van der Waals surface area (Å²) < 4.78 is 1.97. The molecule has 2 N–H and O–H groups in total. The van der Waals surface area contributed by atoms with Crippen LogP contribution < -0.4 is 5.32 Å². The number of hydrogen-bond donors (Lipinski definition) is 2. The number of carboxylic acid groups (broad SMARTS) is 1. The summed E-state index contributed by atoms with van der Waals surface area (Å²) in [5.41, 5.74) is 7.07. The van der Waals surface area contributed by atoms with Gasteiger partial charge in [-0.1, -0.05) is 30.3 Å². The van der Waals surface area contributed by atoms with E-state index in [-0.39, 0.29) is 6.42 Å². The summed E-state index contributed by atoms with van der Waals surface area (Å²) in [6.07, 6.45) is -0.151. The van der Waals surface area contributed by atoms with Crippen LogP contribution in [0.5, 0.6) is 0 Å². The van der Waals surface area contributed by atoms with Crippen molar-refractivity contribution in [1.29, 1.82) is 0 Å². The van der Waals surface area contributed by atoms with Gasteiger partial charge in [0.25, 0.3) is 0 Å². The van der Waals surface area contributed by atoms with Crippen LogP contribution in [0.2, 0.25) is 0 Å². The van der Waals surface area contributed by atoms with Gasteiger partial charge >= 0.3 is 5.97 Å². The number of fused-ring (bicyclic) bond motifs is 3. The highest BCUT2D eigenvalue weighted by atomic mass is 32.1. The van der Waals surface area contributed by atoms with Crippen LogP contribution in [-0.2, 0) is 4.79 Å². The number of para-hydroxylation sites is 1. The van der Waals surface area contributed by atoms with Crippen molar-refractivity contribution in [3.63, 3.8) is 0 Å². The van der Waals surface area contributed by atoms with E-state index < -0.39 is 12.0 Å². The summed E-state index contributed by atoms with van der Waals surface area (Å²) in [4.78, 5) is 17.9. The van der Waals surface area contributed by atoms with E-state index in [1.807, 2.05) is 47.9 Å². The van der Waals surface area contributed by atoms with Gasteiger partial charge in [0.05, 0.1) is 12.1 Å². The average Bonchev–Trinajstić information content (AvgIpc) is 3.28. The molecule has 0 saturated heterocycles. The first-order valence-corrected chi connectivity index (χ1v) is 11.9. The number of nitrogens with one attached hydrogen (secondary N) is 1.